The van der Waals surface area contributed by atoms with E-state index >= 15 is 0 Å². The van der Waals surface area contributed by atoms with Crippen LogP contribution >= 0.6 is 0 Å². The van der Waals surface area contributed by atoms with E-state index in [1.165, 1.54) is 0 Å². The molecule has 0 N–H and O–H groups in total. The van der Waals surface area contributed by atoms with Crippen LogP contribution in [-0.2, 0) is 19.0 Å². The summed E-state index contributed by atoms with van der Waals surface area (Å²) in [6.45, 7) is 4.92. The van der Waals surface area contributed by atoms with Gasteiger partial charge in [0, 0.05) is 19.4 Å². The molecule has 4 heteroatoms. The molecule has 0 radical (unpaired) electrons. The van der Waals surface area contributed by atoms with Gasteiger partial charge in [-0.3, -0.25) is 0 Å². The summed E-state index contributed by atoms with van der Waals surface area (Å²) in [7, 11) is 0. The van der Waals surface area contributed by atoms with Gasteiger partial charge in [0.2, 0.25) is 0 Å². The molecular weight excluding hydrogens is 184 g/mol. The molecule has 1 aliphatic heterocycles. The molecule has 1 saturated heterocycles. The Morgan fingerprint density at radius 2 is 2.14 bits per heavy atom. The zero-order valence-electron chi connectivity index (χ0n) is 8.62. The minimum Gasteiger partial charge on any atom is -0.464 e. The zero-order chi connectivity index (χ0) is 10.2. The Bertz CT molecular complexity index is 232. The van der Waals surface area contributed by atoms with E-state index in [4.69, 9.17) is 14.2 Å². The van der Waals surface area contributed by atoms with Crippen LogP contribution in [0.1, 0.15) is 26.7 Å². The van der Waals surface area contributed by atoms with Gasteiger partial charge >= 0.3 is 5.97 Å². The number of rotatable bonds is 4. The average Bonchev–Trinajstić information content (AvgIpc) is 2.80. The maximum Gasteiger partial charge on any atom is 0.338 e. The molecule has 1 atom stereocenters. The van der Waals surface area contributed by atoms with Crippen molar-refractivity contribution >= 4 is 5.97 Å². The first-order valence-corrected chi connectivity index (χ1v) is 5.18. The van der Waals surface area contributed by atoms with Gasteiger partial charge in [0.05, 0.1) is 12.7 Å². The standard InChI is InChI=1S/C10H16O4/c1-3-12-7-5-10(6-7)8(14-10)9(11)13-4-2/h7-8H,3-6H2,1-2H3. The molecule has 0 aromatic rings. The minimum absolute atomic E-state index is 0.216. The second kappa shape index (κ2) is 3.51. The van der Waals surface area contributed by atoms with Crippen molar-refractivity contribution in [2.75, 3.05) is 13.2 Å². The van der Waals surface area contributed by atoms with Crippen LogP contribution in [0.4, 0.5) is 0 Å². The lowest BCUT2D eigenvalue weighted by Crippen LogP contribution is -2.42. The zero-order valence-corrected chi connectivity index (χ0v) is 8.62. The van der Waals surface area contributed by atoms with Gasteiger partial charge in [-0.15, -0.1) is 0 Å². The lowest BCUT2D eigenvalue weighted by molar-refractivity contribution is -0.144. The molecule has 2 aliphatic rings. The van der Waals surface area contributed by atoms with Gasteiger partial charge in [-0.05, 0) is 13.8 Å². The summed E-state index contributed by atoms with van der Waals surface area (Å²) in [5, 5.41) is 0. The fourth-order valence-corrected chi connectivity index (χ4v) is 2.06. The third kappa shape index (κ3) is 1.53. The van der Waals surface area contributed by atoms with E-state index in [1.807, 2.05) is 6.92 Å². The normalized spacial score (nSPS) is 39.3. The molecule has 0 amide bonds. The molecule has 0 aromatic carbocycles. The van der Waals surface area contributed by atoms with Gasteiger partial charge in [-0.25, -0.2) is 4.79 Å². The molecule has 1 spiro atoms. The van der Waals surface area contributed by atoms with Crippen molar-refractivity contribution in [1.82, 2.24) is 0 Å². The van der Waals surface area contributed by atoms with Crippen LogP contribution in [0.3, 0.4) is 0 Å². The van der Waals surface area contributed by atoms with Gasteiger partial charge in [0.1, 0.15) is 5.60 Å². The molecule has 0 bridgehead atoms. The third-order valence-corrected chi connectivity index (χ3v) is 2.82. The van der Waals surface area contributed by atoms with Crippen LogP contribution in [0.25, 0.3) is 0 Å². The van der Waals surface area contributed by atoms with Crippen LogP contribution in [0.15, 0.2) is 0 Å². The molecule has 1 saturated carbocycles. The van der Waals surface area contributed by atoms with E-state index in [-0.39, 0.29) is 23.8 Å². The molecule has 2 fully saturated rings. The Labute approximate surface area is 83.5 Å². The number of carbonyl (C=O) groups excluding carboxylic acids is 1. The van der Waals surface area contributed by atoms with Crippen molar-refractivity contribution in [3.8, 4) is 0 Å². The molecule has 80 valence electrons. The summed E-state index contributed by atoms with van der Waals surface area (Å²) in [4.78, 5) is 11.3. The van der Waals surface area contributed by atoms with E-state index < -0.39 is 0 Å². The Kier molecular flexibility index (Phi) is 2.49. The number of hydrogen-bond donors (Lipinski definition) is 0. The molecule has 4 nitrogen and oxygen atoms in total. The lowest BCUT2D eigenvalue weighted by Gasteiger charge is -2.32. The first-order valence-electron chi connectivity index (χ1n) is 5.18. The molecule has 1 unspecified atom stereocenters. The van der Waals surface area contributed by atoms with Crippen molar-refractivity contribution in [1.29, 1.82) is 0 Å². The number of carbonyl (C=O) groups is 1. The van der Waals surface area contributed by atoms with Crippen LogP contribution in [0.2, 0.25) is 0 Å². The summed E-state index contributed by atoms with van der Waals surface area (Å²) in [5.41, 5.74) is -0.216. The highest BCUT2D eigenvalue weighted by molar-refractivity contribution is 5.79. The van der Waals surface area contributed by atoms with Crippen LogP contribution in [0, 0.1) is 0 Å². The molecule has 0 aromatic heterocycles. The second-order valence-corrected chi connectivity index (χ2v) is 3.80. The monoisotopic (exact) mass is 200 g/mol. The highest BCUT2D eigenvalue weighted by Gasteiger charge is 2.68. The predicted molar refractivity (Wildman–Crippen MR) is 48.9 cm³/mol. The van der Waals surface area contributed by atoms with Gasteiger partial charge in [-0.2, -0.15) is 0 Å². The summed E-state index contributed by atoms with van der Waals surface area (Å²) >= 11 is 0. The lowest BCUT2D eigenvalue weighted by atomic mass is 9.79. The van der Waals surface area contributed by atoms with E-state index in [9.17, 15) is 4.79 Å². The number of esters is 1. The van der Waals surface area contributed by atoms with Crippen LogP contribution in [-0.4, -0.2) is 37.0 Å². The average molecular weight is 200 g/mol. The summed E-state index contributed by atoms with van der Waals surface area (Å²) < 4.78 is 15.7. The largest absolute Gasteiger partial charge is 0.464 e. The quantitative estimate of drug-likeness (QED) is 0.499. The number of ether oxygens (including phenoxy) is 3. The Morgan fingerprint density at radius 3 is 2.71 bits per heavy atom. The number of epoxide rings is 1. The number of hydrogen-bond acceptors (Lipinski definition) is 4. The van der Waals surface area contributed by atoms with Crippen LogP contribution < -0.4 is 0 Å². The third-order valence-electron chi connectivity index (χ3n) is 2.82. The molecule has 1 heterocycles. The molecular formula is C10H16O4. The fourth-order valence-electron chi connectivity index (χ4n) is 2.06. The molecule has 14 heavy (non-hydrogen) atoms. The Balaban J connectivity index is 1.75. The smallest absolute Gasteiger partial charge is 0.338 e. The topological polar surface area (TPSA) is 48.1 Å². The fraction of sp³-hybridized carbons (Fsp3) is 0.900. The summed E-state index contributed by atoms with van der Waals surface area (Å²) in [6, 6.07) is 0. The van der Waals surface area contributed by atoms with E-state index in [0.717, 1.165) is 19.4 Å². The van der Waals surface area contributed by atoms with Crippen molar-refractivity contribution < 1.29 is 19.0 Å². The summed E-state index contributed by atoms with van der Waals surface area (Å²) in [6.07, 6.45) is 1.63. The molecule has 1 aliphatic carbocycles. The van der Waals surface area contributed by atoms with Crippen molar-refractivity contribution in [2.24, 2.45) is 0 Å². The predicted octanol–water partition coefficient (Wildman–Crippen LogP) is 0.886. The highest BCUT2D eigenvalue weighted by Crippen LogP contribution is 2.53. The van der Waals surface area contributed by atoms with E-state index in [0.29, 0.717) is 6.61 Å². The highest BCUT2D eigenvalue weighted by atomic mass is 16.7. The van der Waals surface area contributed by atoms with Gasteiger partial charge in [0.25, 0.3) is 0 Å². The van der Waals surface area contributed by atoms with Crippen molar-refractivity contribution in [3.63, 3.8) is 0 Å². The first-order chi connectivity index (χ1) is 6.72. The van der Waals surface area contributed by atoms with Crippen molar-refractivity contribution in [2.45, 2.75) is 44.5 Å². The minimum atomic E-state index is -0.320. The second-order valence-electron chi connectivity index (χ2n) is 3.80. The Morgan fingerprint density at radius 1 is 1.43 bits per heavy atom. The van der Waals surface area contributed by atoms with Gasteiger partial charge in [0.15, 0.2) is 6.10 Å². The maximum absolute atomic E-state index is 11.3. The van der Waals surface area contributed by atoms with E-state index in [2.05, 4.69) is 0 Å². The first kappa shape index (κ1) is 9.93. The van der Waals surface area contributed by atoms with Gasteiger partial charge < -0.3 is 14.2 Å². The van der Waals surface area contributed by atoms with Crippen LogP contribution in [0.5, 0.6) is 0 Å². The summed E-state index contributed by atoms with van der Waals surface area (Å²) in [5.74, 6) is -0.220. The van der Waals surface area contributed by atoms with E-state index in [1.54, 1.807) is 6.92 Å². The molecule has 2 rings (SSSR count). The van der Waals surface area contributed by atoms with Gasteiger partial charge in [-0.1, -0.05) is 0 Å². The maximum atomic E-state index is 11.3. The Hall–Kier alpha value is -0.610. The van der Waals surface area contributed by atoms with Crippen molar-refractivity contribution in [3.05, 3.63) is 0 Å². The SMILES string of the molecule is CCOC(=O)C1OC12CC(OCC)C2.